The number of halogens is 3. The maximum absolute atomic E-state index is 13.5. The predicted octanol–water partition coefficient (Wildman–Crippen LogP) is 3.77. The molecule has 0 fully saturated rings. The number of nitrogens with one attached hydrogen (secondary N) is 1. The summed E-state index contributed by atoms with van der Waals surface area (Å²) in [7, 11) is 1.43. The number of nitrogens with zero attached hydrogens (tertiary/aromatic N) is 1. The van der Waals surface area contributed by atoms with Gasteiger partial charge in [-0.1, -0.05) is 23.8 Å². The van der Waals surface area contributed by atoms with Crippen molar-refractivity contribution in [1.29, 1.82) is 0 Å². The van der Waals surface area contributed by atoms with Crippen LogP contribution in [0, 0.1) is 6.92 Å². The standard InChI is InChI=1S/C21H19F3N2O3/c1-13-7-8-16-15(11-13)17(27)12-19(21(22,23)24)26(16)10-9-25-20(28)14-5-3-4-6-18(14)29-2/h3-8,11-12H,9-10H2,1-2H3,(H,25,28). The molecule has 1 aromatic heterocycles. The Morgan fingerprint density at radius 3 is 2.55 bits per heavy atom. The lowest BCUT2D eigenvalue weighted by Gasteiger charge is -2.19. The van der Waals surface area contributed by atoms with Crippen molar-refractivity contribution in [3.8, 4) is 5.75 Å². The molecule has 1 N–H and O–H groups in total. The van der Waals surface area contributed by atoms with Gasteiger partial charge < -0.3 is 14.6 Å². The van der Waals surface area contributed by atoms with E-state index < -0.39 is 23.2 Å². The van der Waals surface area contributed by atoms with E-state index in [9.17, 15) is 22.8 Å². The van der Waals surface area contributed by atoms with E-state index in [1.54, 1.807) is 43.3 Å². The van der Waals surface area contributed by atoms with E-state index in [1.165, 1.54) is 13.2 Å². The molecule has 0 atom stereocenters. The minimum atomic E-state index is -4.70. The van der Waals surface area contributed by atoms with Crippen LogP contribution in [0.25, 0.3) is 10.9 Å². The van der Waals surface area contributed by atoms with Gasteiger partial charge in [0.25, 0.3) is 5.91 Å². The molecule has 29 heavy (non-hydrogen) atoms. The molecule has 0 saturated heterocycles. The Morgan fingerprint density at radius 1 is 1.14 bits per heavy atom. The quantitative estimate of drug-likeness (QED) is 0.704. The highest BCUT2D eigenvalue weighted by Gasteiger charge is 2.35. The van der Waals surface area contributed by atoms with Gasteiger partial charge in [-0.15, -0.1) is 0 Å². The predicted molar refractivity (Wildman–Crippen MR) is 103 cm³/mol. The van der Waals surface area contributed by atoms with Crippen LogP contribution >= 0.6 is 0 Å². The number of aryl methyl sites for hydroxylation is 1. The highest BCUT2D eigenvalue weighted by atomic mass is 19.4. The van der Waals surface area contributed by atoms with Gasteiger partial charge in [0.2, 0.25) is 0 Å². The number of ether oxygens (including phenoxy) is 1. The van der Waals surface area contributed by atoms with Crippen molar-refractivity contribution in [2.75, 3.05) is 13.7 Å². The SMILES string of the molecule is COc1ccccc1C(=O)NCCn1c(C(F)(F)F)cc(=O)c2cc(C)ccc21. The first-order chi connectivity index (χ1) is 13.7. The number of benzene rings is 2. The number of alkyl halides is 3. The van der Waals surface area contributed by atoms with Gasteiger partial charge in [0.05, 0.1) is 18.2 Å². The lowest BCUT2D eigenvalue weighted by molar-refractivity contribution is -0.143. The van der Waals surface area contributed by atoms with Gasteiger partial charge in [-0.05, 0) is 31.2 Å². The first kappa shape index (κ1) is 20.4. The Morgan fingerprint density at radius 2 is 1.86 bits per heavy atom. The summed E-state index contributed by atoms with van der Waals surface area (Å²) in [5.41, 5.74) is -0.519. The number of rotatable bonds is 5. The maximum atomic E-state index is 13.5. The zero-order chi connectivity index (χ0) is 21.2. The van der Waals surface area contributed by atoms with Gasteiger partial charge in [-0.25, -0.2) is 0 Å². The van der Waals surface area contributed by atoms with Crippen molar-refractivity contribution in [3.63, 3.8) is 0 Å². The summed E-state index contributed by atoms with van der Waals surface area (Å²) in [4.78, 5) is 24.6. The molecule has 152 valence electrons. The number of para-hydroxylation sites is 1. The lowest BCUT2D eigenvalue weighted by atomic mass is 10.1. The lowest BCUT2D eigenvalue weighted by Crippen LogP contribution is -2.30. The molecule has 3 aromatic rings. The Bertz CT molecular complexity index is 1120. The Kier molecular flexibility index (Phi) is 5.63. The van der Waals surface area contributed by atoms with E-state index in [1.807, 2.05) is 0 Å². The molecule has 8 heteroatoms. The van der Waals surface area contributed by atoms with Gasteiger partial charge in [0.1, 0.15) is 11.4 Å². The van der Waals surface area contributed by atoms with E-state index in [0.717, 1.165) is 10.1 Å². The summed E-state index contributed by atoms with van der Waals surface area (Å²) in [6.07, 6.45) is -4.70. The van der Waals surface area contributed by atoms with E-state index in [2.05, 4.69) is 5.32 Å². The third kappa shape index (κ3) is 4.26. The zero-order valence-electron chi connectivity index (χ0n) is 15.8. The summed E-state index contributed by atoms with van der Waals surface area (Å²) in [6.45, 7) is 1.54. The molecule has 0 spiro atoms. The van der Waals surface area contributed by atoms with Crippen molar-refractivity contribution in [3.05, 3.63) is 75.6 Å². The smallest absolute Gasteiger partial charge is 0.431 e. The summed E-state index contributed by atoms with van der Waals surface area (Å²) in [5, 5.41) is 2.81. The number of amides is 1. The van der Waals surface area contributed by atoms with Crippen LogP contribution in [0.15, 0.2) is 53.3 Å². The number of hydrogen-bond acceptors (Lipinski definition) is 3. The van der Waals surface area contributed by atoms with Crippen LogP contribution in [0.4, 0.5) is 13.2 Å². The third-order valence-electron chi connectivity index (χ3n) is 4.53. The topological polar surface area (TPSA) is 60.3 Å². The largest absolute Gasteiger partial charge is 0.496 e. The second kappa shape index (κ2) is 7.98. The third-order valence-corrected chi connectivity index (χ3v) is 4.53. The highest BCUT2D eigenvalue weighted by molar-refractivity contribution is 5.96. The van der Waals surface area contributed by atoms with Gasteiger partial charge in [0.15, 0.2) is 5.43 Å². The van der Waals surface area contributed by atoms with Gasteiger partial charge in [-0.2, -0.15) is 13.2 Å². The van der Waals surface area contributed by atoms with E-state index in [4.69, 9.17) is 4.74 Å². The maximum Gasteiger partial charge on any atom is 0.431 e. The van der Waals surface area contributed by atoms with Crippen LogP contribution < -0.4 is 15.5 Å². The molecule has 0 saturated carbocycles. The number of methoxy groups -OCH3 is 1. The summed E-state index contributed by atoms with van der Waals surface area (Å²) in [6, 6.07) is 11.8. The van der Waals surface area contributed by atoms with Crippen molar-refractivity contribution < 1.29 is 22.7 Å². The second-order valence-corrected chi connectivity index (χ2v) is 6.52. The fourth-order valence-electron chi connectivity index (χ4n) is 3.18. The minimum Gasteiger partial charge on any atom is -0.496 e. The van der Waals surface area contributed by atoms with Crippen LogP contribution in [0.3, 0.4) is 0 Å². The van der Waals surface area contributed by atoms with Crippen molar-refractivity contribution >= 4 is 16.8 Å². The molecule has 1 heterocycles. The average molecular weight is 404 g/mol. The van der Waals surface area contributed by atoms with Crippen LogP contribution in [0.2, 0.25) is 0 Å². The number of carbonyl (C=O) groups is 1. The van der Waals surface area contributed by atoms with Crippen LogP contribution in [0.5, 0.6) is 5.75 Å². The summed E-state index contributed by atoms with van der Waals surface area (Å²) >= 11 is 0. The van der Waals surface area contributed by atoms with Gasteiger partial charge in [0, 0.05) is 24.5 Å². The average Bonchev–Trinajstić information content (AvgIpc) is 2.68. The molecule has 3 rings (SSSR count). The number of pyridine rings is 1. The summed E-state index contributed by atoms with van der Waals surface area (Å²) in [5.74, 6) is -0.0949. The zero-order valence-corrected chi connectivity index (χ0v) is 15.8. The Hall–Kier alpha value is -3.29. The molecule has 0 aliphatic rings. The molecule has 0 radical (unpaired) electrons. The summed E-state index contributed by atoms with van der Waals surface area (Å²) < 4.78 is 46.7. The van der Waals surface area contributed by atoms with E-state index in [-0.39, 0.29) is 29.6 Å². The van der Waals surface area contributed by atoms with E-state index in [0.29, 0.717) is 11.8 Å². The fraction of sp³-hybridized carbons (Fsp3) is 0.238. The normalized spacial score (nSPS) is 11.5. The van der Waals surface area contributed by atoms with Gasteiger partial charge in [-0.3, -0.25) is 9.59 Å². The molecule has 0 aliphatic heterocycles. The molecule has 0 unspecified atom stereocenters. The number of aromatic nitrogens is 1. The first-order valence-electron chi connectivity index (χ1n) is 8.85. The van der Waals surface area contributed by atoms with Gasteiger partial charge >= 0.3 is 6.18 Å². The van der Waals surface area contributed by atoms with Crippen LogP contribution in [0.1, 0.15) is 21.6 Å². The minimum absolute atomic E-state index is 0.0637. The monoisotopic (exact) mass is 404 g/mol. The van der Waals surface area contributed by atoms with E-state index >= 15 is 0 Å². The van der Waals surface area contributed by atoms with Crippen LogP contribution in [-0.2, 0) is 12.7 Å². The molecule has 2 aromatic carbocycles. The Balaban J connectivity index is 1.92. The molecular formula is C21H19F3N2O3. The molecule has 5 nitrogen and oxygen atoms in total. The number of carbonyl (C=O) groups excluding carboxylic acids is 1. The molecule has 0 bridgehead atoms. The fourth-order valence-corrected chi connectivity index (χ4v) is 3.18. The molecular weight excluding hydrogens is 385 g/mol. The second-order valence-electron chi connectivity index (χ2n) is 6.52. The van der Waals surface area contributed by atoms with Crippen LogP contribution in [-0.4, -0.2) is 24.1 Å². The number of fused-ring (bicyclic) bond motifs is 1. The number of hydrogen-bond donors (Lipinski definition) is 1. The first-order valence-corrected chi connectivity index (χ1v) is 8.85. The van der Waals surface area contributed by atoms with Crippen molar-refractivity contribution in [2.24, 2.45) is 0 Å². The van der Waals surface area contributed by atoms with Crippen molar-refractivity contribution in [2.45, 2.75) is 19.6 Å². The highest BCUT2D eigenvalue weighted by Crippen LogP contribution is 2.30. The Labute approximate surface area is 164 Å². The molecule has 1 amide bonds. The van der Waals surface area contributed by atoms with Crippen molar-refractivity contribution in [1.82, 2.24) is 9.88 Å². The molecule has 0 aliphatic carbocycles.